The highest BCUT2D eigenvalue weighted by atomic mass is 16.2. The molecule has 0 bridgehead atoms. The van der Waals surface area contributed by atoms with E-state index in [1.54, 1.807) is 0 Å². The third-order valence-corrected chi connectivity index (χ3v) is 6.77. The molecule has 144 valence electrons. The fraction of sp³-hybridized carbons (Fsp3) is 0.391. The Morgan fingerprint density at radius 2 is 1.82 bits per heavy atom. The Morgan fingerprint density at radius 1 is 1.07 bits per heavy atom. The Hall–Kier alpha value is -2.66. The van der Waals surface area contributed by atoms with Crippen LogP contribution in [-0.4, -0.2) is 57.3 Å². The molecule has 2 fully saturated rings. The Kier molecular flexibility index (Phi) is 4.20. The predicted molar refractivity (Wildman–Crippen MR) is 109 cm³/mol. The summed E-state index contributed by atoms with van der Waals surface area (Å²) in [4.78, 5) is 22.0. The van der Waals surface area contributed by atoms with Crippen molar-refractivity contribution >= 4 is 11.6 Å². The van der Waals surface area contributed by atoms with Gasteiger partial charge in [0.15, 0.2) is 0 Å². The summed E-state index contributed by atoms with van der Waals surface area (Å²) in [5.41, 5.74) is 3.02. The maximum atomic E-state index is 13.0. The van der Waals surface area contributed by atoms with E-state index in [4.69, 9.17) is 0 Å². The average molecular weight is 374 g/mol. The Balaban J connectivity index is 1.28. The standard InChI is InChI=1S/C23H26N4O/c1-25-16-19(18-7-3-2-4-8-18)15-23(25)10-13-26(14-11-23)22(28)20-17-27-12-6-5-9-21(27)24-20/h2-9,12,17,19H,10-11,13-16H2,1H3/t19-/m1/s1. The van der Waals surface area contributed by atoms with E-state index in [0.717, 1.165) is 38.1 Å². The van der Waals surface area contributed by atoms with Crippen LogP contribution in [0.3, 0.4) is 0 Å². The second-order valence-electron chi connectivity index (χ2n) is 8.30. The number of aromatic nitrogens is 2. The maximum absolute atomic E-state index is 13.0. The zero-order valence-corrected chi connectivity index (χ0v) is 16.3. The highest BCUT2D eigenvalue weighted by Gasteiger charge is 2.46. The molecule has 0 saturated carbocycles. The zero-order valence-electron chi connectivity index (χ0n) is 16.3. The minimum atomic E-state index is 0.0545. The molecular formula is C23H26N4O. The number of rotatable bonds is 2. The number of carbonyl (C=O) groups is 1. The predicted octanol–water partition coefficient (Wildman–Crippen LogP) is 3.43. The fourth-order valence-corrected chi connectivity index (χ4v) is 5.06. The van der Waals surface area contributed by atoms with Gasteiger partial charge in [0, 0.05) is 37.6 Å². The summed E-state index contributed by atoms with van der Waals surface area (Å²) in [5.74, 6) is 0.644. The van der Waals surface area contributed by atoms with Gasteiger partial charge in [-0.05, 0) is 49.9 Å². The largest absolute Gasteiger partial charge is 0.337 e. The number of hydrogen-bond donors (Lipinski definition) is 0. The quantitative estimate of drug-likeness (QED) is 0.690. The first-order valence-electron chi connectivity index (χ1n) is 10.1. The van der Waals surface area contributed by atoms with Crippen LogP contribution in [0, 0.1) is 0 Å². The number of hydrogen-bond acceptors (Lipinski definition) is 3. The van der Waals surface area contributed by atoms with Crippen molar-refractivity contribution in [2.24, 2.45) is 0 Å². The summed E-state index contributed by atoms with van der Waals surface area (Å²) in [6.07, 6.45) is 7.03. The van der Waals surface area contributed by atoms with Gasteiger partial charge in [0.05, 0.1) is 0 Å². The molecule has 1 aromatic carbocycles. The van der Waals surface area contributed by atoms with Crippen molar-refractivity contribution in [3.8, 4) is 0 Å². The van der Waals surface area contributed by atoms with Gasteiger partial charge in [-0.15, -0.1) is 0 Å². The number of imidazole rings is 1. The first-order chi connectivity index (χ1) is 13.6. The lowest BCUT2D eigenvalue weighted by Crippen LogP contribution is -2.52. The highest BCUT2D eigenvalue weighted by Crippen LogP contribution is 2.44. The molecule has 1 amide bonds. The van der Waals surface area contributed by atoms with Gasteiger partial charge in [-0.25, -0.2) is 4.98 Å². The Bertz CT molecular complexity index is 955. The maximum Gasteiger partial charge on any atom is 0.274 e. The van der Waals surface area contributed by atoms with E-state index < -0.39 is 0 Å². The minimum absolute atomic E-state index is 0.0545. The molecule has 5 heteroatoms. The van der Waals surface area contributed by atoms with E-state index in [1.165, 1.54) is 12.0 Å². The average Bonchev–Trinajstić information content (AvgIpc) is 3.31. The van der Waals surface area contributed by atoms with Crippen molar-refractivity contribution in [3.63, 3.8) is 0 Å². The topological polar surface area (TPSA) is 40.9 Å². The number of nitrogens with zero attached hydrogens (tertiary/aromatic N) is 4. The van der Waals surface area contributed by atoms with Crippen LogP contribution in [0.1, 0.15) is 41.2 Å². The van der Waals surface area contributed by atoms with Crippen LogP contribution in [0.25, 0.3) is 5.65 Å². The number of benzene rings is 1. The monoisotopic (exact) mass is 374 g/mol. The van der Waals surface area contributed by atoms with Gasteiger partial charge < -0.3 is 9.30 Å². The number of amides is 1. The van der Waals surface area contributed by atoms with Gasteiger partial charge in [0.1, 0.15) is 11.3 Å². The Morgan fingerprint density at radius 3 is 2.57 bits per heavy atom. The summed E-state index contributed by atoms with van der Waals surface area (Å²) in [6.45, 7) is 2.71. The van der Waals surface area contributed by atoms with E-state index in [-0.39, 0.29) is 11.4 Å². The molecule has 0 unspecified atom stereocenters. The molecule has 2 aliphatic rings. The molecule has 0 N–H and O–H groups in total. The smallest absolute Gasteiger partial charge is 0.274 e. The number of likely N-dealkylation sites (N-methyl/N-ethyl adjacent to an activating group) is 1. The number of likely N-dealkylation sites (tertiary alicyclic amines) is 2. The third-order valence-electron chi connectivity index (χ3n) is 6.77. The van der Waals surface area contributed by atoms with Gasteiger partial charge in [0.25, 0.3) is 5.91 Å². The highest BCUT2D eigenvalue weighted by molar-refractivity contribution is 5.93. The van der Waals surface area contributed by atoms with Crippen LogP contribution < -0.4 is 0 Å². The van der Waals surface area contributed by atoms with Gasteiger partial charge in [-0.3, -0.25) is 9.69 Å². The summed E-state index contributed by atoms with van der Waals surface area (Å²) in [7, 11) is 2.25. The lowest BCUT2D eigenvalue weighted by atomic mass is 9.81. The van der Waals surface area contributed by atoms with Gasteiger partial charge >= 0.3 is 0 Å². The second-order valence-corrected chi connectivity index (χ2v) is 8.30. The molecule has 28 heavy (non-hydrogen) atoms. The van der Waals surface area contributed by atoms with E-state index in [1.807, 2.05) is 39.9 Å². The lowest BCUT2D eigenvalue weighted by molar-refractivity contribution is 0.0488. The van der Waals surface area contributed by atoms with E-state index in [2.05, 4.69) is 47.3 Å². The molecule has 1 spiro atoms. The normalized spacial score (nSPS) is 22.2. The third kappa shape index (κ3) is 2.90. The van der Waals surface area contributed by atoms with Crippen LogP contribution >= 0.6 is 0 Å². The molecule has 2 aromatic heterocycles. The van der Waals surface area contributed by atoms with Crippen LogP contribution in [0.5, 0.6) is 0 Å². The lowest BCUT2D eigenvalue weighted by Gasteiger charge is -2.43. The summed E-state index contributed by atoms with van der Waals surface area (Å²) in [5, 5.41) is 0. The summed E-state index contributed by atoms with van der Waals surface area (Å²) in [6, 6.07) is 16.7. The number of carbonyl (C=O) groups excluding carboxylic acids is 1. The van der Waals surface area contributed by atoms with Gasteiger partial charge in [-0.1, -0.05) is 36.4 Å². The molecular weight excluding hydrogens is 348 g/mol. The molecule has 2 saturated heterocycles. The Labute approximate surface area is 165 Å². The van der Waals surface area contributed by atoms with Crippen molar-refractivity contribution in [2.75, 3.05) is 26.7 Å². The number of fused-ring (bicyclic) bond motifs is 1. The van der Waals surface area contributed by atoms with Crippen molar-refractivity contribution in [1.82, 2.24) is 19.2 Å². The first-order valence-corrected chi connectivity index (χ1v) is 10.1. The molecule has 5 rings (SSSR count). The molecule has 0 aliphatic carbocycles. The second kappa shape index (κ2) is 6.74. The molecule has 0 radical (unpaired) electrons. The zero-order chi connectivity index (χ0) is 19.1. The molecule has 2 aliphatic heterocycles. The SMILES string of the molecule is CN1C[C@H](c2ccccc2)CC12CCN(C(=O)c1cn3ccccc3n1)CC2. The van der Waals surface area contributed by atoms with Crippen LogP contribution in [0.15, 0.2) is 60.9 Å². The van der Waals surface area contributed by atoms with E-state index >= 15 is 0 Å². The van der Waals surface area contributed by atoms with E-state index in [9.17, 15) is 4.79 Å². The van der Waals surface area contributed by atoms with Crippen LogP contribution in [0.4, 0.5) is 0 Å². The fourth-order valence-electron chi connectivity index (χ4n) is 5.06. The molecule has 5 nitrogen and oxygen atoms in total. The molecule has 4 heterocycles. The van der Waals surface area contributed by atoms with Crippen molar-refractivity contribution in [1.29, 1.82) is 0 Å². The van der Waals surface area contributed by atoms with Crippen molar-refractivity contribution in [3.05, 3.63) is 72.2 Å². The van der Waals surface area contributed by atoms with Crippen molar-refractivity contribution in [2.45, 2.75) is 30.7 Å². The summed E-state index contributed by atoms with van der Waals surface area (Å²) >= 11 is 0. The first kappa shape index (κ1) is 17.4. The number of pyridine rings is 1. The van der Waals surface area contributed by atoms with Gasteiger partial charge in [0.2, 0.25) is 0 Å². The van der Waals surface area contributed by atoms with Gasteiger partial charge in [-0.2, -0.15) is 0 Å². The van der Waals surface area contributed by atoms with Crippen LogP contribution in [0.2, 0.25) is 0 Å². The summed E-state index contributed by atoms with van der Waals surface area (Å²) < 4.78 is 1.91. The minimum Gasteiger partial charge on any atom is -0.337 e. The van der Waals surface area contributed by atoms with Crippen LogP contribution in [-0.2, 0) is 0 Å². The van der Waals surface area contributed by atoms with Crippen molar-refractivity contribution < 1.29 is 4.79 Å². The molecule has 1 atom stereocenters. The van der Waals surface area contributed by atoms with E-state index in [0.29, 0.717) is 11.6 Å². The molecule has 3 aromatic rings. The number of piperidine rings is 1.